The molecule has 1 fully saturated rings. The van der Waals surface area contributed by atoms with Crippen LogP contribution in [0.2, 0.25) is 5.02 Å². The van der Waals surface area contributed by atoms with E-state index in [1.54, 1.807) is 24.3 Å². The van der Waals surface area contributed by atoms with E-state index in [1.807, 2.05) is 78.9 Å². The maximum absolute atomic E-state index is 14.7. The second kappa shape index (κ2) is 16.3. The van der Waals surface area contributed by atoms with Crippen molar-refractivity contribution < 1.29 is 38.7 Å². The number of carbonyl (C=O) groups excluding carboxylic acids is 3. The molecule has 1 aliphatic carbocycles. The van der Waals surface area contributed by atoms with Crippen LogP contribution >= 0.6 is 11.6 Å². The molecule has 0 aromatic heterocycles. The number of carboxylic acid groups (broad SMARTS) is 1. The van der Waals surface area contributed by atoms with Gasteiger partial charge in [-0.05, 0) is 51.6 Å². The molecule has 56 heavy (non-hydrogen) atoms. The van der Waals surface area contributed by atoms with Crippen molar-refractivity contribution >= 4 is 41.2 Å². The number of hydrogen-bond acceptors (Lipinski definition) is 8. The first-order valence-electron chi connectivity index (χ1n) is 17.7. The van der Waals surface area contributed by atoms with Gasteiger partial charge in [-0.25, -0.2) is 9.59 Å². The molecule has 7 rings (SSSR count). The van der Waals surface area contributed by atoms with E-state index in [2.05, 4.69) is 10.6 Å². The topological polar surface area (TPSA) is 177 Å². The third-order valence-electron chi connectivity index (χ3n) is 9.86. The zero-order valence-corrected chi connectivity index (χ0v) is 30.4. The van der Waals surface area contributed by atoms with Crippen LogP contribution in [0.4, 0.5) is 10.5 Å². The number of carboxylic acids is 1. The molecule has 1 aliphatic heterocycles. The Kier molecular flexibility index (Phi) is 11.0. The summed E-state index contributed by atoms with van der Waals surface area (Å²) in [7, 11) is 0. The monoisotopic (exact) mass is 774 g/mol. The Bertz CT molecular complexity index is 2260. The molecule has 13 nitrogen and oxygen atoms in total. The van der Waals surface area contributed by atoms with E-state index < -0.39 is 59.2 Å². The van der Waals surface area contributed by atoms with E-state index >= 15 is 0 Å². The number of amides is 3. The lowest BCUT2D eigenvalue weighted by Gasteiger charge is -2.42. The lowest BCUT2D eigenvalue weighted by atomic mass is 9.98. The highest BCUT2D eigenvalue weighted by atomic mass is 35.5. The fourth-order valence-electron chi connectivity index (χ4n) is 7.17. The average Bonchev–Trinajstić information content (AvgIpc) is 3.52. The molecule has 0 radical (unpaired) electrons. The Balaban J connectivity index is 1.17. The highest BCUT2D eigenvalue weighted by Gasteiger charge is 2.45. The molecule has 14 heteroatoms. The van der Waals surface area contributed by atoms with Gasteiger partial charge in [-0.2, -0.15) is 0 Å². The summed E-state index contributed by atoms with van der Waals surface area (Å²) in [4.78, 5) is 65.8. The molecule has 3 amide bonds. The van der Waals surface area contributed by atoms with Crippen molar-refractivity contribution in [3.05, 3.63) is 164 Å². The fraction of sp³-hybridized carbons (Fsp3) is 0.190. The molecule has 1 heterocycles. The summed E-state index contributed by atoms with van der Waals surface area (Å²) >= 11 is 6.06. The van der Waals surface area contributed by atoms with Crippen LogP contribution in [0, 0.1) is 10.1 Å². The Morgan fingerprint density at radius 3 is 2.18 bits per heavy atom. The van der Waals surface area contributed by atoms with E-state index in [-0.39, 0.29) is 29.5 Å². The quantitative estimate of drug-likeness (QED) is 0.0911. The summed E-state index contributed by atoms with van der Waals surface area (Å²) in [6.45, 7) is 0.273. The third-order valence-corrected chi connectivity index (χ3v) is 10.2. The SMILES string of the molecule is O=C1C[C@@H](C(=O)O)N(C(=O)[C@H](Cc2ccc(OCc3ccccc3)cc2)NC(=O)OCC2c3ccccc3-c3ccccc32)[C@@H](c2ccc(Cl)c([N+](=O)[O-])c2)N1. The number of halogens is 1. The molecule has 1 saturated heterocycles. The van der Waals surface area contributed by atoms with Crippen molar-refractivity contribution in [2.75, 3.05) is 6.61 Å². The van der Waals surface area contributed by atoms with E-state index in [0.717, 1.165) is 38.8 Å². The first kappa shape index (κ1) is 37.6. The zero-order valence-electron chi connectivity index (χ0n) is 29.7. The molecule has 2 aliphatic rings. The minimum absolute atomic E-state index is 0.0357. The van der Waals surface area contributed by atoms with Crippen molar-refractivity contribution in [3.63, 3.8) is 0 Å². The second-order valence-corrected chi connectivity index (χ2v) is 13.8. The first-order chi connectivity index (χ1) is 27.1. The number of fused-ring (bicyclic) bond motifs is 3. The Morgan fingerprint density at radius 2 is 1.54 bits per heavy atom. The summed E-state index contributed by atoms with van der Waals surface area (Å²) in [5, 5.41) is 27.1. The van der Waals surface area contributed by atoms with Crippen LogP contribution in [0.25, 0.3) is 11.1 Å². The molecule has 0 saturated carbocycles. The summed E-state index contributed by atoms with van der Waals surface area (Å²) in [5.74, 6) is -2.78. The van der Waals surface area contributed by atoms with Gasteiger partial charge >= 0.3 is 12.1 Å². The first-order valence-corrected chi connectivity index (χ1v) is 18.1. The van der Waals surface area contributed by atoms with Crippen LogP contribution in [0.3, 0.4) is 0 Å². The molecule has 0 spiro atoms. The van der Waals surface area contributed by atoms with Gasteiger partial charge in [0, 0.05) is 24.0 Å². The fourth-order valence-corrected chi connectivity index (χ4v) is 7.35. The number of carbonyl (C=O) groups is 4. The number of alkyl carbamates (subject to hydrolysis) is 1. The lowest BCUT2D eigenvalue weighted by Crippen LogP contribution is -2.62. The normalized spacial score (nSPS) is 16.5. The van der Waals surface area contributed by atoms with E-state index in [1.165, 1.54) is 12.1 Å². The van der Waals surface area contributed by atoms with Crippen molar-refractivity contribution in [1.29, 1.82) is 0 Å². The summed E-state index contributed by atoms with van der Waals surface area (Å²) < 4.78 is 11.7. The number of aliphatic carboxylic acids is 1. The van der Waals surface area contributed by atoms with Gasteiger partial charge in [-0.1, -0.05) is 109 Å². The van der Waals surface area contributed by atoms with Gasteiger partial charge in [0.15, 0.2) is 0 Å². The number of nitrogens with zero attached hydrogens (tertiary/aromatic N) is 2. The standard InChI is InChI=1S/C42H35ClN4O9/c43-34-19-16-27(21-36(34)47(53)54)39-45-38(48)22-37(41(50)51)46(39)40(49)35(20-25-14-17-28(18-15-25)55-23-26-8-2-1-3-9-26)44-42(52)56-24-33-31-12-6-4-10-29(31)30-11-5-7-13-32(30)33/h1-19,21,33,35,37,39H,20,22-24H2,(H,44,52)(H,45,48)(H,50,51)/t35-,37-,39-/m0/s1. The highest BCUT2D eigenvalue weighted by molar-refractivity contribution is 6.32. The van der Waals surface area contributed by atoms with Gasteiger partial charge in [0.1, 0.15) is 42.2 Å². The maximum Gasteiger partial charge on any atom is 0.407 e. The maximum atomic E-state index is 14.7. The second-order valence-electron chi connectivity index (χ2n) is 13.4. The molecule has 5 aromatic carbocycles. The highest BCUT2D eigenvalue weighted by Crippen LogP contribution is 2.44. The van der Waals surface area contributed by atoms with Gasteiger partial charge < -0.3 is 30.1 Å². The molecular formula is C42H35ClN4O9. The van der Waals surface area contributed by atoms with E-state index in [4.69, 9.17) is 21.1 Å². The molecule has 3 atom stereocenters. The largest absolute Gasteiger partial charge is 0.489 e. The predicted octanol–water partition coefficient (Wildman–Crippen LogP) is 6.78. The summed E-state index contributed by atoms with van der Waals surface area (Å²) in [6.07, 6.45) is -3.11. The lowest BCUT2D eigenvalue weighted by molar-refractivity contribution is -0.384. The third kappa shape index (κ3) is 8.03. The predicted molar refractivity (Wildman–Crippen MR) is 205 cm³/mol. The van der Waals surface area contributed by atoms with E-state index in [9.17, 15) is 34.4 Å². The van der Waals surface area contributed by atoms with Crippen LogP contribution < -0.4 is 15.4 Å². The van der Waals surface area contributed by atoms with Gasteiger partial charge in [0.2, 0.25) is 11.8 Å². The number of hydrogen-bond donors (Lipinski definition) is 3. The number of nitro benzene ring substituents is 1. The number of nitro groups is 1. The van der Waals surface area contributed by atoms with Crippen molar-refractivity contribution in [2.24, 2.45) is 0 Å². The molecule has 5 aromatic rings. The number of benzene rings is 5. The Hall–Kier alpha value is -6.73. The van der Waals surface area contributed by atoms with E-state index in [0.29, 0.717) is 17.9 Å². The molecular weight excluding hydrogens is 740 g/mol. The molecule has 3 N–H and O–H groups in total. The number of rotatable bonds is 12. The van der Waals surface area contributed by atoms with Gasteiger partial charge in [-0.15, -0.1) is 0 Å². The van der Waals surface area contributed by atoms with Crippen LogP contribution in [0.15, 0.2) is 121 Å². The van der Waals surface area contributed by atoms with Gasteiger partial charge in [0.25, 0.3) is 5.69 Å². The molecule has 0 unspecified atom stereocenters. The Labute approximate surface area is 326 Å². The van der Waals surface area contributed by atoms with Gasteiger partial charge in [0.05, 0.1) is 11.3 Å². The molecule has 284 valence electrons. The number of nitrogens with one attached hydrogen (secondary N) is 2. The van der Waals surface area contributed by atoms with Crippen LogP contribution in [0.5, 0.6) is 5.75 Å². The zero-order chi connectivity index (χ0) is 39.3. The Morgan fingerprint density at radius 1 is 0.893 bits per heavy atom. The van der Waals surface area contributed by atoms with Gasteiger partial charge in [-0.3, -0.25) is 19.7 Å². The minimum atomic E-state index is -1.68. The summed E-state index contributed by atoms with van der Waals surface area (Å²) in [5.41, 5.74) is 5.11. The smallest absolute Gasteiger partial charge is 0.407 e. The van der Waals surface area contributed by atoms with Crippen LogP contribution in [-0.4, -0.2) is 57.5 Å². The van der Waals surface area contributed by atoms with Crippen molar-refractivity contribution in [3.8, 4) is 16.9 Å². The van der Waals surface area contributed by atoms with Crippen molar-refractivity contribution in [1.82, 2.24) is 15.5 Å². The average molecular weight is 775 g/mol. The summed E-state index contributed by atoms with van der Waals surface area (Å²) in [6, 6.07) is 32.6. The number of ether oxygens (including phenoxy) is 2. The minimum Gasteiger partial charge on any atom is -0.489 e. The van der Waals surface area contributed by atoms with Crippen LogP contribution in [0.1, 0.15) is 46.3 Å². The molecule has 0 bridgehead atoms. The van der Waals surface area contributed by atoms with Crippen LogP contribution in [-0.2, 0) is 32.1 Å². The van der Waals surface area contributed by atoms with Crippen molar-refractivity contribution in [2.45, 2.75) is 43.6 Å².